The molecule has 0 N–H and O–H groups in total. The zero-order chi connectivity index (χ0) is 10.9. The predicted molar refractivity (Wildman–Crippen MR) is 34.6 cm³/mol. The van der Waals surface area contributed by atoms with Gasteiger partial charge >= 0.3 is 12.4 Å². The lowest BCUT2D eigenvalue weighted by Gasteiger charge is -2.29. The van der Waals surface area contributed by atoms with E-state index in [-0.39, 0.29) is 13.1 Å². The SMILES string of the molecule is CN=CC(C)(C(F)(F)F)C(F)(F)F. The summed E-state index contributed by atoms with van der Waals surface area (Å²) in [5, 5.41) is 0. The van der Waals surface area contributed by atoms with Crippen molar-refractivity contribution >= 4 is 6.21 Å². The molecule has 0 heterocycles. The quantitative estimate of drug-likeness (QED) is 0.463. The summed E-state index contributed by atoms with van der Waals surface area (Å²) in [5.41, 5.74) is -3.87. The Balaban J connectivity index is 5.21. The summed E-state index contributed by atoms with van der Waals surface area (Å²) in [7, 11) is 0.857. The molecule has 0 atom stereocenters. The molecule has 0 aromatic rings. The molecule has 0 radical (unpaired) electrons. The third-order valence-electron chi connectivity index (χ3n) is 1.57. The van der Waals surface area contributed by atoms with E-state index in [0.717, 1.165) is 7.05 Å². The first kappa shape index (κ1) is 12.2. The molecule has 0 saturated heterocycles. The zero-order valence-electron chi connectivity index (χ0n) is 6.79. The van der Waals surface area contributed by atoms with Gasteiger partial charge in [-0.1, -0.05) is 0 Å². The fourth-order valence-electron chi connectivity index (χ4n) is 0.565. The van der Waals surface area contributed by atoms with E-state index in [1.54, 1.807) is 0 Å². The van der Waals surface area contributed by atoms with Crippen molar-refractivity contribution in [1.82, 2.24) is 0 Å². The van der Waals surface area contributed by atoms with E-state index >= 15 is 0 Å². The van der Waals surface area contributed by atoms with Gasteiger partial charge in [-0.05, 0) is 6.92 Å². The first-order valence-electron chi connectivity index (χ1n) is 3.13. The minimum absolute atomic E-state index is 0.0417. The van der Waals surface area contributed by atoms with Crippen LogP contribution in [0.5, 0.6) is 0 Å². The van der Waals surface area contributed by atoms with Crippen LogP contribution in [0.2, 0.25) is 0 Å². The molecule has 7 heteroatoms. The molecule has 1 nitrogen and oxygen atoms in total. The van der Waals surface area contributed by atoms with Crippen molar-refractivity contribution in [2.45, 2.75) is 19.3 Å². The maximum atomic E-state index is 12.0. The van der Waals surface area contributed by atoms with Crippen molar-refractivity contribution in [3.63, 3.8) is 0 Å². The van der Waals surface area contributed by atoms with Crippen molar-refractivity contribution in [2.24, 2.45) is 10.4 Å². The Morgan fingerprint density at radius 2 is 1.23 bits per heavy atom. The number of rotatable bonds is 1. The van der Waals surface area contributed by atoms with E-state index in [4.69, 9.17) is 0 Å². The first-order valence-corrected chi connectivity index (χ1v) is 3.13. The Morgan fingerprint density at radius 1 is 0.923 bits per heavy atom. The number of nitrogens with zero attached hydrogens (tertiary/aromatic N) is 1. The van der Waals surface area contributed by atoms with Crippen LogP contribution in [0.4, 0.5) is 26.3 Å². The van der Waals surface area contributed by atoms with Crippen LogP contribution in [0.3, 0.4) is 0 Å². The van der Waals surface area contributed by atoms with Gasteiger partial charge in [0.15, 0.2) is 5.41 Å². The molecule has 0 aliphatic heterocycles. The van der Waals surface area contributed by atoms with E-state index in [9.17, 15) is 26.3 Å². The Bertz CT molecular complexity index is 186. The topological polar surface area (TPSA) is 12.4 Å². The second kappa shape index (κ2) is 3.19. The summed E-state index contributed by atoms with van der Waals surface area (Å²) >= 11 is 0. The number of halogens is 6. The number of hydrogen-bond donors (Lipinski definition) is 0. The summed E-state index contributed by atoms with van der Waals surface area (Å²) in [5.74, 6) is 0. The largest absolute Gasteiger partial charge is 0.407 e. The molecule has 0 saturated carbocycles. The van der Waals surface area contributed by atoms with Crippen LogP contribution in [0.15, 0.2) is 4.99 Å². The van der Waals surface area contributed by atoms with Crippen molar-refractivity contribution in [1.29, 1.82) is 0 Å². The monoisotopic (exact) mass is 207 g/mol. The molecule has 13 heavy (non-hydrogen) atoms. The lowest BCUT2D eigenvalue weighted by molar-refractivity contribution is -0.303. The van der Waals surface area contributed by atoms with Gasteiger partial charge in [-0.2, -0.15) is 26.3 Å². The Labute approximate surface area is 70.5 Å². The minimum atomic E-state index is -5.38. The van der Waals surface area contributed by atoms with Gasteiger partial charge in [-0.15, -0.1) is 0 Å². The second-order valence-corrected chi connectivity index (χ2v) is 2.59. The molecular formula is C6H7F6N. The summed E-state index contributed by atoms with van der Waals surface area (Å²) in [6, 6.07) is 0. The molecule has 0 aliphatic rings. The second-order valence-electron chi connectivity index (χ2n) is 2.59. The van der Waals surface area contributed by atoms with Gasteiger partial charge in [0, 0.05) is 13.3 Å². The van der Waals surface area contributed by atoms with E-state index in [1.807, 2.05) is 0 Å². The van der Waals surface area contributed by atoms with Gasteiger partial charge in [-0.25, -0.2) is 0 Å². The minimum Gasteiger partial charge on any atom is -0.300 e. The Kier molecular flexibility index (Phi) is 3.01. The van der Waals surface area contributed by atoms with E-state index < -0.39 is 17.8 Å². The normalized spacial score (nSPS) is 15.4. The molecule has 0 aliphatic carbocycles. The third kappa shape index (κ3) is 2.13. The van der Waals surface area contributed by atoms with E-state index in [1.165, 1.54) is 0 Å². The van der Waals surface area contributed by atoms with Gasteiger partial charge in [0.05, 0.1) is 0 Å². The number of aliphatic imine (C=N–C) groups is 1. The molecule has 0 aromatic carbocycles. The fourth-order valence-corrected chi connectivity index (χ4v) is 0.565. The van der Waals surface area contributed by atoms with Gasteiger partial charge in [0.25, 0.3) is 0 Å². The summed E-state index contributed by atoms with van der Waals surface area (Å²) in [4.78, 5) is 2.78. The molecule has 78 valence electrons. The van der Waals surface area contributed by atoms with Crippen LogP contribution < -0.4 is 0 Å². The highest BCUT2D eigenvalue weighted by molar-refractivity contribution is 5.67. The average molecular weight is 207 g/mol. The molecular weight excluding hydrogens is 200 g/mol. The lowest BCUT2D eigenvalue weighted by atomic mass is 9.91. The molecule has 0 fully saturated rings. The van der Waals surface area contributed by atoms with Gasteiger partial charge in [0.2, 0.25) is 0 Å². The average Bonchev–Trinajstić information content (AvgIpc) is 1.82. The third-order valence-corrected chi connectivity index (χ3v) is 1.57. The Hall–Kier alpha value is -0.750. The van der Waals surface area contributed by atoms with Crippen molar-refractivity contribution < 1.29 is 26.3 Å². The van der Waals surface area contributed by atoms with Crippen molar-refractivity contribution in [3.05, 3.63) is 0 Å². The molecule has 0 amide bonds. The molecule has 0 spiro atoms. The lowest BCUT2D eigenvalue weighted by Crippen LogP contribution is -2.48. The van der Waals surface area contributed by atoms with Crippen LogP contribution in [0.25, 0.3) is 0 Å². The van der Waals surface area contributed by atoms with E-state index in [2.05, 4.69) is 4.99 Å². The highest BCUT2D eigenvalue weighted by Gasteiger charge is 2.66. The zero-order valence-corrected chi connectivity index (χ0v) is 6.79. The molecule has 0 bridgehead atoms. The number of hydrogen-bond acceptors (Lipinski definition) is 1. The highest BCUT2D eigenvalue weighted by atomic mass is 19.4. The van der Waals surface area contributed by atoms with Crippen LogP contribution in [0, 0.1) is 5.41 Å². The van der Waals surface area contributed by atoms with E-state index in [0.29, 0.717) is 0 Å². The standard InChI is InChI=1S/C6H7F6N/c1-4(3-13-2,5(7,8)9)6(10,11)12/h3H,1-2H3. The molecule has 0 aromatic heterocycles. The van der Waals surface area contributed by atoms with Crippen LogP contribution >= 0.6 is 0 Å². The maximum absolute atomic E-state index is 12.0. The fraction of sp³-hybridized carbons (Fsp3) is 0.833. The summed E-state index contributed by atoms with van der Waals surface area (Å²) in [6.45, 7) is 0.0417. The summed E-state index contributed by atoms with van der Waals surface area (Å²) < 4.78 is 71.9. The Morgan fingerprint density at radius 3 is 1.31 bits per heavy atom. The van der Waals surface area contributed by atoms with Gasteiger partial charge in [-0.3, -0.25) is 4.99 Å². The van der Waals surface area contributed by atoms with Crippen LogP contribution in [-0.4, -0.2) is 25.6 Å². The molecule has 0 unspecified atom stereocenters. The van der Waals surface area contributed by atoms with Crippen LogP contribution in [0.1, 0.15) is 6.92 Å². The predicted octanol–water partition coefficient (Wildman–Crippen LogP) is 2.82. The van der Waals surface area contributed by atoms with Crippen molar-refractivity contribution in [2.75, 3.05) is 7.05 Å². The van der Waals surface area contributed by atoms with Gasteiger partial charge < -0.3 is 0 Å². The van der Waals surface area contributed by atoms with Crippen molar-refractivity contribution in [3.8, 4) is 0 Å². The van der Waals surface area contributed by atoms with Crippen LogP contribution in [-0.2, 0) is 0 Å². The highest BCUT2D eigenvalue weighted by Crippen LogP contribution is 2.48. The molecule has 0 rings (SSSR count). The first-order chi connectivity index (χ1) is 5.56. The summed E-state index contributed by atoms with van der Waals surface area (Å²) in [6.07, 6.45) is -10.9. The smallest absolute Gasteiger partial charge is 0.300 e. The number of alkyl halides is 6. The maximum Gasteiger partial charge on any atom is 0.407 e. The van der Waals surface area contributed by atoms with Gasteiger partial charge in [0.1, 0.15) is 0 Å².